The highest BCUT2D eigenvalue weighted by atomic mass is 32.1. The molecule has 6 rings (SSSR count). The third-order valence-corrected chi connectivity index (χ3v) is 7.71. The van der Waals surface area contributed by atoms with Crippen molar-refractivity contribution in [1.82, 2.24) is 24.7 Å². The lowest BCUT2D eigenvalue weighted by Crippen LogP contribution is -2.42. The zero-order valence-corrected chi connectivity index (χ0v) is 21.5. The number of nitrogens with one attached hydrogen (secondary N) is 1. The minimum Gasteiger partial charge on any atom is -0.454 e. The van der Waals surface area contributed by atoms with Crippen LogP contribution in [0.3, 0.4) is 0 Å². The second-order valence-electron chi connectivity index (χ2n) is 9.47. The normalized spacial score (nSPS) is 21.7. The van der Waals surface area contributed by atoms with Crippen LogP contribution in [0.25, 0.3) is 5.69 Å². The van der Waals surface area contributed by atoms with Crippen LogP contribution < -0.4 is 14.8 Å². The van der Waals surface area contributed by atoms with Gasteiger partial charge < -0.3 is 29.0 Å². The van der Waals surface area contributed by atoms with Gasteiger partial charge in [-0.15, -0.1) is 0 Å². The van der Waals surface area contributed by atoms with E-state index in [0.717, 1.165) is 73.1 Å². The molecule has 1 aromatic carbocycles. The van der Waals surface area contributed by atoms with Gasteiger partial charge in [0, 0.05) is 55.5 Å². The lowest BCUT2D eigenvalue weighted by atomic mass is 9.96. The van der Waals surface area contributed by atoms with Crippen molar-refractivity contribution < 1.29 is 14.2 Å². The molecule has 0 amide bonds. The first kappa shape index (κ1) is 23.3. The third-order valence-electron chi connectivity index (χ3n) is 7.36. The molecule has 2 fully saturated rings. The molecule has 0 aliphatic carbocycles. The first-order valence-corrected chi connectivity index (χ1v) is 12.9. The van der Waals surface area contributed by atoms with E-state index in [9.17, 15) is 0 Å². The summed E-state index contributed by atoms with van der Waals surface area (Å²) in [4.78, 5) is 9.49. The van der Waals surface area contributed by atoms with E-state index in [1.165, 1.54) is 11.3 Å². The smallest absolute Gasteiger partial charge is 0.231 e. The summed E-state index contributed by atoms with van der Waals surface area (Å²) in [5.41, 5.74) is 5.64. The minimum atomic E-state index is -0.0332. The second kappa shape index (κ2) is 9.72. The quantitative estimate of drug-likeness (QED) is 0.511. The molecule has 36 heavy (non-hydrogen) atoms. The van der Waals surface area contributed by atoms with Crippen molar-refractivity contribution in [3.8, 4) is 17.2 Å². The molecule has 2 saturated heterocycles. The summed E-state index contributed by atoms with van der Waals surface area (Å²) in [6.45, 7) is 9.88. The topological polar surface area (TPSA) is 64.0 Å². The molecule has 188 valence electrons. The second-order valence-corrected chi connectivity index (χ2v) is 9.86. The van der Waals surface area contributed by atoms with Crippen LogP contribution in [-0.4, -0.2) is 70.6 Å². The van der Waals surface area contributed by atoms with Gasteiger partial charge in [-0.05, 0) is 62.0 Å². The maximum atomic E-state index is 5.90. The van der Waals surface area contributed by atoms with Crippen LogP contribution >= 0.6 is 12.2 Å². The van der Waals surface area contributed by atoms with Crippen molar-refractivity contribution in [2.45, 2.75) is 25.9 Å². The first-order chi connectivity index (χ1) is 17.6. The Morgan fingerprint density at radius 3 is 2.67 bits per heavy atom. The number of aromatic nitrogens is 2. The van der Waals surface area contributed by atoms with Gasteiger partial charge >= 0.3 is 0 Å². The van der Waals surface area contributed by atoms with Crippen molar-refractivity contribution in [3.05, 3.63) is 71.3 Å². The fourth-order valence-electron chi connectivity index (χ4n) is 5.57. The number of aryl methyl sites for hydroxylation is 1. The van der Waals surface area contributed by atoms with E-state index in [1.54, 1.807) is 0 Å². The molecule has 8 nitrogen and oxygen atoms in total. The molecule has 3 aliphatic heterocycles. The number of hydrogen-bond acceptors (Lipinski definition) is 6. The molecule has 0 spiro atoms. The van der Waals surface area contributed by atoms with Crippen molar-refractivity contribution in [2.24, 2.45) is 0 Å². The zero-order valence-electron chi connectivity index (χ0n) is 20.6. The van der Waals surface area contributed by atoms with Gasteiger partial charge in [-0.1, -0.05) is 6.07 Å². The molecule has 5 heterocycles. The highest BCUT2D eigenvalue weighted by molar-refractivity contribution is 7.80. The Hall–Kier alpha value is -3.14. The predicted octanol–water partition coefficient (Wildman–Crippen LogP) is 3.52. The van der Waals surface area contributed by atoms with Crippen LogP contribution in [-0.2, 0) is 4.74 Å². The predicted molar refractivity (Wildman–Crippen MR) is 141 cm³/mol. The monoisotopic (exact) mass is 505 g/mol. The molecule has 3 aromatic rings. The van der Waals surface area contributed by atoms with Crippen LogP contribution in [0.15, 0.2) is 48.7 Å². The summed E-state index contributed by atoms with van der Waals surface area (Å²) in [5, 5.41) is 4.37. The van der Waals surface area contributed by atoms with Gasteiger partial charge in [-0.2, -0.15) is 0 Å². The maximum absolute atomic E-state index is 5.90. The highest BCUT2D eigenvalue weighted by Gasteiger charge is 2.41. The number of morpholine rings is 1. The lowest BCUT2D eigenvalue weighted by molar-refractivity contribution is 0.0350. The van der Waals surface area contributed by atoms with Crippen molar-refractivity contribution in [2.75, 3.05) is 46.2 Å². The molecule has 2 atom stereocenters. The number of ether oxygens (including phenoxy) is 3. The standard InChI is InChI=1S/C27H31N5O3S/c1-18-15-21(19(2)32(18)20-6-7-23-24(16-20)35-17-34-23)26-25(22-5-3-4-8-28-22)29-27(36)31(26)10-9-30-11-13-33-14-12-30/h3-8,15-16,25-26H,9-14,17H2,1-2H3,(H,29,36)/t25-,26-/m0/s1. The Bertz CT molecular complexity index is 1260. The minimum absolute atomic E-state index is 0.0300. The molecular formula is C27H31N5O3S. The number of fused-ring (bicyclic) bond motifs is 1. The molecule has 2 aromatic heterocycles. The summed E-state index contributed by atoms with van der Waals surface area (Å²) in [6, 6.07) is 14.5. The van der Waals surface area contributed by atoms with Crippen LogP contribution in [0, 0.1) is 13.8 Å². The highest BCUT2D eigenvalue weighted by Crippen LogP contribution is 2.42. The molecule has 0 radical (unpaired) electrons. The van der Waals surface area contributed by atoms with Gasteiger partial charge in [0.05, 0.1) is 31.0 Å². The summed E-state index contributed by atoms with van der Waals surface area (Å²) in [5.74, 6) is 1.57. The summed E-state index contributed by atoms with van der Waals surface area (Å²) >= 11 is 5.90. The van der Waals surface area contributed by atoms with Crippen molar-refractivity contribution >= 4 is 17.3 Å². The molecular weight excluding hydrogens is 474 g/mol. The van der Waals surface area contributed by atoms with E-state index < -0.39 is 0 Å². The number of benzene rings is 1. The largest absolute Gasteiger partial charge is 0.454 e. The number of pyridine rings is 1. The Labute approximate surface area is 216 Å². The fraction of sp³-hybridized carbons (Fsp3) is 0.407. The lowest BCUT2D eigenvalue weighted by Gasteiger charge is -2.32. The summed E-state index contributed by atoms with van der Waals surface area (Å²) in [6.07, 6.45) is 1.85. The van der Waals surface area contributed by atoms with Gasteiger partial charge in [0.25, 0.3) is 0 Å². The van der Waals surface area contributed by atoms with Crippen LogP contribution in [0.2, 0.25) is 0 Å². The van der Waals surface area contributed by atoms with Crippen LogP contribution in [0.1, 0.15) is 34.7 Å². The van der Waals surface area contributed by atoms with Crippen LogP contribution in [0.5, 0.6) is 11.5 Å². The zero-order chi connectivity index (χ0) is 24.6. The molecule has 0 unspecified atom stereocenters. The SMILES string of the molecule is Cc1cc([C@H]2[C@H](c3ccccn3)NC(=S)N2CCN2CCOCC2)c(C)n1-c1ccc2c(c1)OCO2. The van der Waals surface area contributed by atoms with Gasteiger partial charge in [0.2, 0.25) is 6.79 Å². The van der Waals surface area contributed by atoms with Gasteiger partial charge in [-0.25, -0.2) is 0 Å². The average Bonchev–Trinajstić information content (AvgIpc) is 3.58. The van der Waals surface area contributed by atoms with Gasteiger partial charge in [-0.3, -0.25) is 9.88 Å². The number of thiocarbonyl (C=S) groups is 1. The fourth-order valence-corrected chi connectivity index (χ4v) is 5.90. The van der Waals surface area contributed by atoms with Crippen LogP contribution in [0.4, 0.5) is 0 Å². The maximum Gasteiger partial charge on any atom is 0.231 e. The Morgan fingerprint density at radius 1 is 1.03 bits per heavy atom. The number of rotatable bonds is 6. The van der Waals surface area contributed by atoms with E-state index in [2.05, 4.69) is 57.8 Å². The molecule has 1 N–H and O–H groups in total. The average molecular weight is 506 g/mol. The van der Waals surface area contributed by atoms with E-state index in [-0.39, 0.29) is 18.9 Å². The van der Waals surface area contributed by atoms with E-state index >= 15 is 0 Å². The van der Waals surface area contributed by atoms with E-state index in [0.29, 0.717) is 0 Å². The van der Waals surface area contributed by atoms with Crippen molar-refractivity contribution in [1.29, 1.82) is 0 Å². The Kier molecular flexibility index (Phi) is 6.29. The van der Waals surface area contributed by atoms with Crippen molar-refractivity contribution in [3.63, 3.8) is 0 Å². The first-order valence-electron chi connectivity index (χ1n) is 12.5. The Morgan fingerprint density at radius 2 is 1.86 bits per heavy atom. The Balaban J connectivity index is 1.37. The third kappa shape index (κ3) is 4.21. The molecule has 0 saturated carbocycles. The molecule has 9 heteroatoms. The number of nitrogens with zero attached hydrogens (tertiary/aromatic N) is 4. The summed E-state index contributed by atoms with van der Waals surface area (Å²) < 4.78 is 19.0. The van der Waals surface area contributed by atoms with E-state index in [4.69, 9.17) is 31.4 Å². The molecule has 0 bridgehead atoms. The van der Waals surface area contributed by atoms with E-state index in [1.807, 2.05) is 24.4 Å². The summed E-state index contributed by atoms with van der Waals surface area (Å²) in [7, 11) is 0. The number of hydrogen-bond donors (Lipinski definition) is 1. The van der Waals surface area contributed by atoms with Gasteiger partial charge in [0.15, 0.2) is 16.6 Å². The van der Waals surface area contributed by atoms with Gasteiger partial charge in [0.1, 0.15) is 0 Å². The molecule has 3 aliphatic rings.